The molecule has 1 saturated heterocycles. The number of hydrogen-bond donors (Lipinski definition) is 0. The van der Waals surface area contributed by atoms with E-state index in [-0.39, 0.29) is 19.3 Å². The minimum Gasteiger partial charge on any atom is -0.756 e. The molecule has 0 N–H and O–H groups in total. The van der Waals surface area contributed by atoms with Crippen molar-refractivity contribution >= 4 is 7.82 Å². The van der Waals surface area contributed by atoms with Crippen LogP contribution in [0.3, 0.4) is 0 Å². The maximum atomic E-state index is 11.6. The monoisotopic (exact) mass is 311 g/mol. The van der Waals surface area contributed by atoms with Gasteiger partial charge < -0.3 is 27.9 Å². The van der Waals surface area contributed by atoms with Crippen molar-refractivity contribution in [2.45, 2.75) is 32.2 Å². The van der Waals surface area contributed by atoms with Crippen LogP contribution in [0.4, 0.5) is 0 Å². The van der Waals surface area contributed by atoms with Crippen molar-refractivity contribution in [1.82, 2.24) is 0 Å². The highest BCUT2D eigenvalue weighted by Crippen LogP contribution is 2.39. The van der Waals surface area contributed by atoms with Gasteiger partial charge in [0.05, 0.1) is 47.5 Å². The Kier molecular flexibility index (Phi) is 6.16. The largest absolute Gasteiger partial charge is 0.756 e. The normalized spacial score (nSPS) is 25.6. The van der Waals surface area contributed by atoms with E-state index in [1.807, 2.05) is 21.1 Å². The Bertz CT molecular complexity index is 354. The SMILES string of the molecule is CC1(C)OCC(COP(=O)([O-])OCCC[N+](C)(C)C)O1. The average Bonchev–Trinajstić information content (AvgIpc) is 2.61. The van der Waals surface area contributed by atoms with Gasteiger partial charge in [0.15, 0.2) is 5.79 Å². The predicted octanol–water partition coefficient (Wildman–Crippen LogP) is 0.736. The van der Waals surface area contributed by atoms with Gasteiger partial charge in [0.25, 0.3) is 7.82 Å². The number of quaternary nitrogens is 1. The molecule has 1 fully saturated rings. The molecule has 0 spiro atoms. The summed E-state index contributed by atoms with van der Waals surface area (Å²) in [4.78, 5) is 11.6. The molecule has 0 bridgehead atoms. The van der Waals surface area contributed by atoms with Gasteiger partial charge in [0, 0.05) is 6.42 Å². The van der Waals surface area contributed by atoms with Crippen LogP contribution in [0.2, 0.25) is 0 Å². The number of phosphoric ester groups is 1. The summed E-state index contributed by atoms with van der Waals surface area (Å²) < 4.78 is 32.7. The Hall–Kier alpha value is -0.0100. The van der Waals surface area contributed by atoms with Gasteiger partial charge in [-0.2, -0.15) is 0 Å². The van der Waals surface area contributed by atoms with E-state index in [4.69, 9.17) is 18.5 Å². The van der Waals surface area contributed by atoms with E-state index >= 15 is 0 Å². The molecule has 0 aliphatic carbocycles. The molecule has 1 aliphatic heterocycles. The molecule has 20 heavy (non-hydrogen) atoms. The zero-order chi connectivity index (χ0) is 15.4. The first-order valence-corrected chi connectivity index (χ1v) is 8.18. The Labute approximate surface area is 121 Å². The van der Waals surface area contributed by atoms with E-state index in [2.05, 4.69) is 0 Å². The second-order valence-electron chi connectivity index (χ2n) is 6.39. The van der Waals surface area contributed by atoms with Gasteiger partial charge in [-0.25, -0.2) is 0 Å². The number of ether oxygens (including phenoxy) is 2. The fraction of sp³-hybridized carbons (Fsp3) is 1.00. The summed E-state index contributed by atoms with van der Waals surface area (Å²) in [7, 11) is 1.84. The maximum Gasteiger partial charge on any atom is 0.267 e. The lowest BCUT2D eigenvalue weighted by Gasteiger charge is -2.26. The molecular weight excluding hydrogens is 285 g/mol. The molecular formula is C12H26NO6P. The van der Waals surface area contributed by atoms with Crippen LogP contribution in [0.1, 0.15) is 20.3 Å². The first kappa shape index (κ1) is 18.0. The minimum absolute atomic E-state index is 0.0838. The molecule has 120 valence electrons. The van der Waals surface area contributed by atoms with Crippen LogP contribution in [-0.4, -0.2) is 63.9 Å². The van der Waals surface area contributed by atoms with E-state index < -0.39 is 13.6 Å². The lowest BCUT2D eigenvalue weighted by atomic mass is 10.4. The first-order chi connectivity index (χ1) is 8.99. The number of phosphoric acid groups is 1. The van der Waals surface area contributed by atoms with Crippen LogP contribution in [-0.2, 0) is 23.1 Å². The Balaban J connectivity index is 2.20. The number of rotatable bonds is 8. The molecule has 0 aromatic carbocycles. The van der Waals surface area contributed by atoms with E-state index in [0.717, 1.165) is 11.0 Å². The van der Waals surface area contributed by atoms with Crippen LogP contribution < -0.4 is 4.89 Å². The van der Waals surface area contributed by atoms with Crippen molar-refractivity contribution < 1.29 is 32.5 Å². The predicted molar refractivity (Wildman–Crippen MR) is 71.9 cm³/mol. The molecule has 2 unspecified atom stereocenters. The summed E-state index contributed by atoms with van der Waals surface area (Å²) >= 11 is 0. The lowest BCUT2D eigenvalue weighted by molar-refractivity contribution is -0.870. The second kappa shape index (κ2) is 6.83. The zero-order valence-corrected chi connectivity index (χ0v) is 13.9. The third-order valence-corrected chi connectivity index (χ3v) is 3.67. The summed E-state index contributed by atoms with van der Waals surface area (Å²) in [5, 5.41) is 0. The Morgan fingerprint density at radius 3 is 2.50 bits per heavy atom. The van der Waals surface area contributed by atoms with E-state index in [1.165, 1.54) is 0 Å². The summed E-state index contributed by atoms with van der Waals surface area (Å²) in [6.45, 7) is 4.72. The molecule has 8 heteroatoms. The Morgan fingerprint density at radius 2 is 2.00 bits per heavy atom. The minimum atomic E-state index is -4.26. The van der Waals surface area contributed by atoms with Crippen LogP contribution in [0.15, 0.2) is 0 Å². The summed E-state index contributed by atoms with van der Waals surface area (Å²) in [5.41, 5.74) is 0. The summed E-state index contributed by atoms with van der Waals surface area (Å²) in [6, 6.07) is 0. The smallest absolute Gasteiger partial charge is 0.267 e. The molecule has 0 saturated carbocycles. The van der Waals surface area contributed by atoms with Crippen molar-refractivity contribution in [3.8, 4) is 0 Å². The molecule has 2 atom stereocenters. The topological polar surface area (TPSA) is 77.1 Å². The molecule has 0 amide bonds. The molecule has 0 aromatic heterocycles. The average molecular weight is 311 g/mol. The highest BCUT2D eigenvalue weighted by atomic mass is 31.2. The van der Waals surface area contributed by atoms with Gasteiger partial charge in [-0.1, -0.05) is 0 Å². The van der Waals surface area contributed by atoms with Crippen LogP contribution in [0, 0.1) is 0 Å². The third kappa shape index (κ3) is 7.69. The van der Waals surface area contributed by atoms with E-state index in [9.17, 15) is 9.46 Å². The quantitative estimate of drug-likeness (QED) is 0.374. The highest BCUT2D eigenvalue weighted by Gasteiger charge is 2.33. The zero-order valence-electron chi connectivity index (χ0n) is 13.0. The lowest BCUT2D eigenvalue weighted by Crippen LogP contribution is -2.35. The van der Waals surface area contributed by atoms with Gasteiger partial charge in [0.2, 0.25) is 0 Å². The number of nitrogens with zero attached hydrogens (tertiary/aromatic N) is 1. The fourth-order valence-corrected chi connectivity index (χ4v) is 2.55. The molecule has 1 rings (SSSR count). The van der Waals surface area contributed by atoms with Crippen LogP contribution in [0.5, 0.6) is 0 Å². The maximum absolute atomic E-state index is 11.6. The molecule has 7 nitrogen and oxygen atoms in total. The van der Waals surface area contributed by atoms with E-state index in [0.29, 0.717) is 13.0 Å². The van der Waals surface area contributed by atoms with Crippen molar-refractivity contribution in [3.63, 3.8) is 0 Å². The van der Waals surface area contributed by atoms with Gasteiger partial charge in [-0.15, -0.1) is 0 Å². The highest BCUT2D eigenvalue weighted by molar-refractivity contribution is 7.45. The van der Waals surface area contributed by atoms with Crippen molar-refractivity contribution in [1.29, 1.82) is 0 Å². The summed E-state index contributed by atoms with van der Waals surface area (Å²) in [5.74, 6) is -0.688. The van der Waals surface area contributed by atoms with Crippen molar-refractivity contribution in [2.75, 3.05) is 47.5 Å². The second-order valence-corrected chi connectivity index (χ2v) is 7.81. The van der Waals surface area contributed by atoms with Crippen molar-refractivity contribution in [3.05, 3.63) is 0 Å². The van der Waals surface area contributed by atoms with Gasteiger partial charge in [-0.3, -0.25) is 4.57 Å². The van der Waals surface area contributed by atoms with Gasteiger partial charge in [-0.05, 0) is 13.8 Å². The van der Waals surface area contributed by atoms with Crippen LogP contribution in [0.25, 0.3) is 0 Å². The summed E-state index contributed by atoms with van der Waals surface area (Å²) in [6.07, 6.45) is 0.261. The third-order valence-electron chi connectivity index (χ3n) is 2.71. The molecule has 0 aromatic rings. The standard InChI is InChI=1S/C12H26NO6P/c1-12(2)16-9-11(19-12)10-18-20(14,15)17-8-6-7-13(3,4)5/h11H,6-10H2,1-5H3. The Morgan fingerprint density at radius 1 is 1.35 bits per heavy atom. The van der Waals surface area contributed by atoms with Gasteiger partial charge in [0.1, 0.15) is 6.10 Å². The van der Waals surface area contributed by atoms with Crippen LogP contribution >= 0.6 is 7.82 Å². The fourth-order valence-electron chi connectivity index (χ4n) is 1.77. The molecule has 1 heterocycles. The first-order valence-electron chi connectivity index (χ1n) is 6.71. The van der Waals surface area contributed by atoms with Gasteiger partial charge >= 0.3 is 0 Å². The van der Waals surface area contributed by atoms with Crippen molar-refractivity contribution in [2.24, 2.45) is 0 Å². The molecule has 0 radical (unpaired) electrons. The number of hydrogen-bond acceptors (Lipinski definition) is 6. The molecule has 1 aliphatic rings. The van der Waals surface area contributed by atoms with E-state index in [1.54, 1.807) is 13.8 Å².